The van der Waals surface area contributed by atoms with Gasteiger partial charge in [-0.15, -0.1) is 0 Å². The summed E-state index contributed by atoms with van der Waals surface area (Å²) in [4.78, 5) is 0. The maximum absolute atomic E-state index is 3.41. The standard InChI is InChI=1S/C7H15BrS/c1-7(2)9-6-4-3-5-8/h7H,3-6H2,1-2H3. The van der Waals surface area contributed by atoms with Crippen LogP contribution in [0.15, 0.2) is 0 Å². The van der Waals surface area contributed by atoms with Crippen LogP contribution in [0.4, 0.5) is 0 Å². The normalized spacial score (nSPS) is 10.7. The molecule has 0 spiro atoms. The van der Waals surface area contributed by atoms with E-state index >= 15 is 0 Å². The molecule has 0 aromatic heterocycles. The van der Waals surface area contributed by atoms with Crippen LogP contribution in [0.25, 0.3) is 0 Å². The van der Waals surface area contributed by atoms with Crippen LogP contribution >= 0.6 is 27.7 Å². The van der Waals surface area contributed by atoms with E-state index < -0.39 is 0 Å². The van der Waals surface area contributed by atoms with Crippen molar-refractivity contribution in [2.24, 2.45) is 0 Å². The van der Waals surface area contributed by atoms with Crippen molar-refractivity contribution in [1.82, 2.24) is 0 Å². The fraction of sp³-hybridized carbons (Fsp3) is 1.00. The van der Waals surface area contributed by atoms with Gasteiger partial charge in [-0.05, 0) is 23.8 Å². The number of rotatable bonds is 5. The van der Waals surface area contributed by atoms with Crippen molar-refractivity contribution >= 4 is 27.7 Å². The summed E-state index contributed by atoms with van der Waals surface area (Å²) in [6, 6.07) is 0. The van der Waals surface area contributed by atoms with Gasteiger partial charge in [-0.1, -0.05) is 29.8 Å². The Morgan fingerprint density at radius 2 is 2.00 bits per heavy atom. The van der Waals surface area contributed by atoms with Crippen molar-refractivity contribution in [3.63, 3.8) is 0 Å². The Morgan fingerprint density at radius 1 is 1.33 bits per heavy atom. The van der Waals surface area contributed by atoms with Crippen LogP contribution < -0.4 is 0 Å². The third-order valence-corrected chi connectivity index (χ3v) is 2.73. The van der Waals surface area contributed by atoms with Crippen LogP contribution in [0.5, 0.6) is 0 Å². The zero-order valence-electron chi connectivity index (χ0n) is 6.19. The second-order valence-electron chi connectivity index (χ2n) is 2.32. The Labute approximate surface area is 70.9 Å². The van der Waals surface area contributed by atoms with Gasteiger partial charge in [-0.3, -0.25) is 0 Å². The highest BCUT2D eigenvalue weighted by atomic mass is 79.9. The highest BCUT2D eigenvalue weighted by molar-refractivity contribution is 9.09. The fourth-order valence-corrected chi connectivity index (χ4v) is 1.75. The minimum Gasteiger partial charge on any atom is -0.159 e. The highest BCUT2D eigenvalue weighted by Crippen LogP contribution is 2.11. The van der Waals surface area contributed by atoms with Gasteiger partial charge in [0.15, 0.2) is 0 Å². The molecule has 0 rings (SSSR count). The monoisotopic (exact) mass is 210 g/mol. The van der Waals surface area contributed by atoms with Gasteiger partial charge < -0.3 is 0 Å². The lowest BCUT2D eigenvalue weighted by Gasteiger charge is -2.01. The van der Waals surface area contributed by atoms with E-state index in [0.717, 1.165) is 10.6 Å². The second-order valence-corrected chi connectivity index (χ2v) is 4.79. The van der Waals surface area contributed by atoms with Gasteiger partial charge in [0.25, 0.3) is 0 Å². The Balaban J connectivity index is 2.75. The van der Waals surface area contributed by atoms with Crippen LogP contribution in [0.2, 0.25) is 0 Å². The Kier molecular flexibility index (Phi) is 7.58. The molecule has 0 radical (unpaired) electrons. The smallest absolute Gasteiger partial charge is 0.00315 e. The van der Waals surface area contributed by atoms with Gasteiger partial charge in [-0.2, -0.15) is 11.8 Å². The quantitative estimate of drug-likeness (QED) is 0.496. The third kappa shape index (κ3) is 8.83. The molecule has 0 saturated heterocycles. The molecule has 0 saturated carbocycles. The molecule has 0 bridgehead atoms. The molecule has 0 unspecified atom stereocenters. The molecular weight excluding hydrogens is 196 g/mol. The van der Waals surface area contributed by atoms with Crippen molar-refractivity contribution in [2.75, 3.05) is 11.1 Å². The van der Waals surface area contributed by atoms with Crippen LogP contribution in [-0.2, 0) is 0 Å². The van der Waals surface area contributed by atoms with Crippen molar-refractivity contribution < 1.29 is 0 Å². The first-order chi connectivity index (χ1) is 4.27. The predicted octanol–water partition coefficient (Wildman–Crippen LogP) is 3.30. The molecule has 9 heavy (non-hydrogen) atoms. The van der Waals surface area contributed by atoms with Crippen molar-refractivity contribution in [3.8, 4) is 0 Å². The van der Waals surface area contributed by atoms with Crippen LogP contribution in [0.1, 0.15) is 26.7 Å². The minimum atomic E-state index is 0.806. The largest absolute Gasteiger partial charge is 0.159 e. The summed E-state index contributed by atoms with van der Waals surface area (Å²) in [6.07, 6.45) is 2.67. The topological polar surface area (TPSA) is 0 Å². The molecule has 0 aliphatic heterocycles. The van der Waals surface area contributed by atoms with Crippen molar-refractivity contribution in [1.29, 1.82) is 0 Å². The SMILES string of the molecule is CC(C)SCCCCBr. The van der Waals surface area contributed by atoms with E-state index in [0.29, 0.717) is 0 Å². The fourth-order valence-electron chi connectivity index (χ4n) is 0.516. The summed E-state index contributed by atoms with van der Waals surface area (Å²) in [5.74, 6) is 1.32. The second kappa shape index (κ2) is 6.94. The molecule has 0 aromatic rings. The molecule has 0 N–H and O–H groups in total. The van der Waals surface area contributed by atoms with Gasteiger partial charge in [0, 0.05) is 5.33 Å². The predicted molar refractivity (Wildman–Crippen MR) is 50.6 cm³/mol. The molecule has 0 aromatic carbocycles. The van der Waals surface area contributed by atoms with E-state index in [-0.39, 0.29) is 0 Å². The van der Waals surface area contributed by atoms with E-state index in [1.165, 1.54) is 18.6 Å². The summed E-state index contributed by atoms with van der Waals surface area (Å²) in [5, 5.41) is 1.96. The Hall–Kier alpha value is 0.830. The Bertz CT molecular complexity index is 54.9. The molecule has 0 amide bonds. The van der Waals surface area contributed by atoms with Crippen LogP contribution in [0.3, 0.4) is 0 Å². The summed E-state index contributed by atoms with van der Waals surface area (Å²) in [7, 11) is 0. The number of hydrogen-bond acceptors (Lipinski definition) is 1. The number of thioether (sulfide) groups is 1. The summed E-state index contributed by atoms with van der Waals surface area (Å²) >= 11 is 5.46. The van der Waals surface area contributed by atoms with E-state index in [2.05, 4.69) is 41.5 Å². The lowest BCUT2D eigenvalue weighted by Crippen LogP contribution is -1.89. The van der Waals surface area contributed by atoms with Gasteiger partial charge in [-0.25, -0.2) is 0 Å². The van der Waals surface area contributed by atoms with E-state index in [9.17, 15) is 0 Å². The van der Waals surface area contributed by atoms with E-state index in [1.54, 1.807) is 0 Å². The Morgan fingerprint density at radius 3 is 2.44 bits per heavy atom. The molecule has 2 heteroatoms. The van der Waals surface area contributed by atoms with Gasteiger partial charge in [0.1, 0.15) is 0 Å². The van der Waals surface area contributed by atoms with Gasteiger partial charge in [0.2, 0.25) is 0 Å². The van der Waals surface area contributed by atoms with Crippen LogP contribution in [0, 0.1) is 0 Å². The summed E-state index contributed by atoms with van der Waals surface area (Å²) in [6.45, 7) is 4.50. The first kappa shape index (κ1) is 9.83. The van der Waals surface area contributed by atoms with E-state index in [4.69, 9.17) is 0 Å². The van der Waals surface area contributed by atoms with Crippen LogP contribution in [-0.4, -0.2) is 16.3 Å². The molecule has 0 nitrogen and oxygen atoms in total. The number of halogens is 1. The number of unbranched alkanes of at least 4 members (excludes halogenated alkanes) is 1. The van der Waals surface area contributed by atoms with Crippen molar-refractivity contribution in [2.45, 2.75) is 31.9 Å². The number of hydrogen-bond donors (Lipinski definition) is 0. The molecule has 0 heterocycles. The lowest BCUT2D eigenvalue weighted by atomic mass is 10.4. The average Bonchev–Trinajstić information content (AvgIpc) is 1.80. The third-order valence-electron chi connectivity index (χ3n) is 0.979. The zero-order valence-corrected chi connectivity index (χ0v) is 8.59. The zero-order chi connectivity index (χ0) is 7.11. The minimum absolute atomic E-state index is 0.806. The maximum atomic E-state index is 3.41. The maximum Gasteiger partial charge on any atom is 0.00315 e. The molecule has 56 valence electrons. The highest BCUT2D eigenvalue weighted by Gasteiger charge is 1.92. The first-order valence-electron chi connectivity index (χ1n) is 3.45. The molecule has 0 aliphatic rings. The van der Waals surface area contributed by atoms with E-state index in [1.807, 2.05) is 0 Å². The van der Waals surface area contributed by atoms with Gasteiger partial charge >= 0.3 is 0 Å². The summed E-state index contributed by atoms with van der Waals surface area (Å²) < 4.78 is 0. The summed E-state index contributed by atoms with van der Waals surface area (Å²) in [5.41, 5.74) is 0. The molecule has 0 fully saturated rings. The molecule has 0 aliphatic carbocycles. The average molecular weight is 211 g/mol. The first-order valence-corrected chi connectivity index (χ1v) is 5.62. The number of alkyl halides is 1. The molecular formula is C7H15BrS. The van der Waals surface area contributed by atoms with Crippen molar-refractivity contribution in [3.05, 3.63) is 0 Å². The van der Waals surface area contributed by atoms with Gasteiger partial charge in [0.05, 0.1) is 0 Å². The lowest BCUT2D eigenvalue weighted by molar-refractivity contribution is 0.909. The molecule has 0 atom stereocenters.